The number of anilines is 1. The van der Waals surface area contributed by atoms with Gasteiger partial charge in [-0.05, 0) is 44.0 Å². The molecule has 2 aliphatic heterocycles. The molecule has 0 saturated carbocycles. The summed E-state index contributed by atoms with van der Waals surface area (Å²) in [6.45, 7) is 12.5. The molecule has 3 rings (SSSR count). The van der Waals surface area contributed by atoms with E-state index in [4.69, 9.17) is 16.3 Å². The average Bonchev–Trinajstić information content (AvgIpc) is 2.72. The molecule has 2 saturated heterocycles. The molecular weight excluding hydrogens is 416 g/mol. The van der Waals surface area contributed by atoms with Crippen molar-refractivity contribution in [3.63, 3.8) is 0 Å². The van der Waals surface area contributed by atoms with Gasteiger partial charge < -0.3 is 19.9 Å². The highest BCUT2D eigenvalue weighted by Crippen LogP contribution is 2.20. The molecule has 2 heterocycles. The maximum Gasteiger partial charge on any atom is 0.242 e. The van der Waals surface area contributed by atoms with Gasteiger partial charge in [0, 0.05) is 50.0 Å². The molecule has 1 N–H and O–H groups in total. The summed E-state index contributed by atoms with van der Waals surface area (Å²) < 4.78 is 5.81. The normalized spacial score (nSPS) is 23.7. The molecule has 31 heavy (non-hydrogen) atoms. The van der Waals surface area contributed by atoms with Crippen LogP contribution in [0.2, 0.25) is 5.02 Å². The fourth-order valence-corrected chi connectivity index (χ4v) is 4.71. The standard InChI is InChI=1S/C23H35ClN4O3/c1-16(2)22(28-14-17(3)31-18(4)15-28)23(30)25-13-21(29)27-11-9-26(10-12-27)20-7-5-19(24)6-8-20/h5-8,16-18,22H,9-15H2,1-4H3,(H,25,30). The highest BCUT2D eigenvalue weighted by atomic mass is 35.5. The van der Waals surface area contributed by atoms with Crippen LogP contribution in [0.3, 0.4) is 0 Å². The van der Waals surface area contributed by atoms with Gasteiger partial charge in [0.15, 0.2) is 0 Å². The lowest BCUT2D eigenvalue weighted by Gasteiger charge is -2.41. The number of benzene rings is 1. The van der Waals surface area contributed by atoms with E-state index in [1.54, 1.807) is 0 Å². The summed E-state index contributed by atoms with van der Waals surface area (Å²) in [4.78, 5) is 31.9. The van der Waals surface area contributed by atoms with Gasteiger partial charge in [0.1, 0.15) is 0 Å². The summed E-state index contributed by atoms with van der Waals surface area (Å²) in [7, 11) is 0. The Morgan fingerprint density at radius 3 is 2.19 bits per heavy atom. The van der Waals surface area contributed by atoms with Crippen molar-refractivity contribution in [2.75, 3.05) is 50.7 Å². The number of piperazine rings is 1. The molecule has 1 aromatic rings. The van der Waals surface area contributed by atoms with E-state index in [1.165, 1.54) is 0 Å². The van der Waals surface area contributed by atoms with Crippen LogP contribution in [0.5, 0.6) is 0 Å². The minimum absolute atomic E-state index is 0.0321. The molecule has 0 bridgehead atoms. The van der Waals surface area contributed by atoms with Crippen molar-refractivity contribution in [3.8, 4) is 0 Å². The number of hydrogen-bond donors (Lipinski definition) is 1. The van der Waals surface area contributed by atoms with Gasteiger partial charge in [-0.3, -0.25) is 14.5 Å². The zero-order valence-corrected chi connectivity index (χ0v) is 19.8. The van der Waals surface area contributed by atoms with E-state index in [2.05, 4.69) is 15.1 Å². The van der Waals surface area contributed by atoms with E-state index < -0.39 is 0 Å². The first-order valence-corrected chi connectivity index (χ1v) is 11.6. The molecule has 7 nitrogen and oxygen atoms in total. The molecule has 2 aliphatic rings. The third-order valence-corrected chi connectivity index (χ3v) is 6.23. The SMILES string of the molecule is CC1CN(C(C(=O)NCC(=O)N2CCN(c3ccc(Cl)cc3)CC2)C(C)C)CC(C)O1. The Morgan fingerprint density at radius 2 is 1.65 bits per heavy atom. The molecule has 8 heteroatoms. The predicted octanol–water partition coefficient (Wildman–Crippen LogP) is 2.24. The van der Waals surface area contributed by atoms with Crippen LogP contribution in [-0.4, -0.2) is 85.7 Å². The maximum absolute atomic E-state index is 13.0. The fourth-order valence-electron chi connectivity index (χ4n) is 4.58. The third-order valence-electron chi connectivity index (χ3n) is 5.98. The number of halogens is 1. The first-order valence-electron chi connectivity index (χ1n) is 11.2. The summed E-state index contributed by atoms with van der Waals surface area (Å²) in [5.74, 6) is 0.0373. The van der Waals surface area contributed by atoms with Crippen molar-refractivity contribution in [1.29, 1.82) is 0 Å². The number of nitrogens with zero attached hydrogens (tertiary/aromatic N) is 3. The molecule has 0 spiro atoms. The van der Waals surface area contributed by atoms with Crippen molar-refractivity contribution >= 4 is 29.1 Å². The van der Waals surface area contributed by atoms with E-state index >= 15 is 0 Å². The Balaban J connectivity index is 1.49. The smallest absolute Gasteiger partial charge is 0.242 e. The van der Waals surface area contributed by atoms with Crippen molar-refractivity contribution in [2.24, 2.45) is 5.92 Å². The summed E-state index contributed by atoms with van der Waals surface area (Å²) in [5.41, 5.74) is 1.11. The molecule has 3 unspecified atom stereocenters. The van der Waals surface area contributed by atoms with Crippen molar-refractivity contribution in [2.45, 2.75) is 45.9 Å². The van der Waals surface area contributed by atoms with Crippen LogP contribution in [0.15, 0.2) is 24.3 Å². The second-order valence-corrected chi connectivity index (χ2v) is 9.40. The van der Waals surface area contributed by atoms with Crippen molar-refractivity contribution in [1.82, 2.24) is 15.1 Å². The van der Waals surface area contributed by atoms with Gasteiger partial charge in [0.05, 0.1) is 24.8 Å². The quantitative estimate of drug-likeness (QED) is 0.720. The lowest BCUT2D eigenvalue weighted by atomic mass is 9.99. The third kappa shape index (κ3) is 6.34. The summed E-state index contributed by atoms with van der Waals surface area (Å²) >= 11 is 5.97. The lowest BCUT2D eigenvalue weighted by molar-refractivity contribution is -0.139. The van der Waals surface area contributed by atoms with E-state index in [-0.39, 0.29) is 42.5 Å². The number of nitrogens with one attached hydrogen (secondary N) is 1. The molecule has 2 amide bonds. The van der Waals surface area contributed by atoms with Crippen LogP contribution >= 0.6 is 11.6 Å². The second kappa shape index (κ2) is 10.7. The molecule has 1 aromatic carbocycles. The zero-order chi connectivity index (χ0) is 22.5. The molecule has 2 fully saturated rings. The number of carbonyl (C=O) groups excluding carboxylic acids is 2. The van der Waals surface area contributed by atoms with Gasteiger partial charge >= 0.3 is 0 Å². The monoisotopic (exact) mass is 450 g/mol. The topological polar surface area (TPSA) is 65.1 Å². The number of hydrogen-bond acceptors (Lipinski definition) is 5. The van der Waals surface area contributed by atoms with Crippen LogP contribution in [0, 0.1) is 5.92 Å². The van der Waals surface area contributed by atoms with Gasteiger partial charge in [0.2, 0.25) is 11.8 Å². The molecule has 0 aromatic heterocycles. The second-order valence-electron chi connectivity index (χ2n) is 8.96. The number of rotatable bonds is 6. The van der Waals surface area contributed by atoms with Crippen molar-refractivity contribution < 1.29 is 14.3 Å². The minimum Gasteiger partial charge on any atom is -0.373 e. The number of ether oxygens (including phenoxy) is 1. The van der Waals surface area contributed by atoms with Crippen LogP contribution in [-0.2, 0) is 14.3 Å². The van der Waals surface area contributed by atoms with Crippen LogP contribution in [0.25, 0.3) is 0 Å². The van der Waals surface area contributed by atoms with Crippen LogP contribution in [0.4, 0.5) is 5.69 Å². The summed E-state index contributed by atoms with van der Waals surface area (Å²) in [6.07, 6.45) is 0.188. The lowest BCUT2D eigenvalue weighted by Crippen LogP contribution is -2.58. The number of morpholine rings is 1. The maximum atomic E-state index is 13.0. The van der Waals surface area contributed by atoms with Crippen molar-refractivity contribution in [3.05, 3.63) is 29.3 Å². The van der Waals surface area contributed by atoms with Gasteiger partial charge in [-0.1, -0.05) is 25.4 Å². The highest BCUT2D eigenvalue weighted by Gasteiger charge is 2.34. The Bertz CT molecular complexity index is 740. The molecular formula is C23H35ClN4O3. The molecule has 172 valence electrons. The number of amides is 2. The Labute approximate surface area is 190 Å². The first-order chi connectivity index (χ1) is 14.7. The van der Waals surface area contributed by atoms with Gasteiger partial charge in [-0.2, -0.15) is 0 Å². The van der Waals surface area contributed by atoms with E-state index in [0.717, 1.165) is 31.9 Å². The fraction of sp³-hybridized carbons (Fsp3) is 0.652. The van der Waals surface area contributed by atoms with Gasteiger partial charge in [0.25, 0.3) is 0 Å². The Kier molecular flexibility index (Phi) is 8.19. The van der Waals surface area contributed by atoms with Crippen LogP contribution < -0.4 is 10.2 Å². The highest BCUT2D eigenvalue weighted by molar-refractivity contribution is 6.30. The van der Waals surface area contributed by atoms with Gasteiger partial charge in [-0.25, -0.2) is 0 Å². The Hall–Kier alpha value is -1.83. The van der Waals surface area contributed by atoms with E-state index in [9.17, 15) is 9.59 Å². The van der Waals surface area contributed by atoms with Gasteiger partial charge in [-0.15, -0.1) is 0 Å². The summed E-state index contributed by atoms with van der Waals surface area (Å²) in [6, 6.07) is 7.50. The van der Waals surface area contributed by atoms with E-state index in [1.807, 2.05) is 56.9 Å². The predicted molar refractivity (Wildman–Crippen MR) is 123 cm³/mol. The Morgan fingerprint density at radius 1 is 1.06 bits per heavy atom. The van der Waals surface area contributed by atoms with Crippen LogP contribution in [0.1, 0.15) is 27.7 Å². The molecule has 3 atom stereocenters. The largest absolute Gasteiger partial charge is 0.373 e. The first kappa shape index (κ1) is 23.8. The molecule has 0 radical (unpaired) electrons. The zero-order valence-electron chi connectivity index (χ0n) is 19.0. The summed E-state index contributed by atoms with van der Waals surface area (Å²) in [5, 5.41) is 3.61. The molecule has 0 aliphatic carbocycles. The number of carbonyl (C=O) groups is 2. The average molecular weight is 451 g/mol. The van der Waals surface area contributed by atoms with E-state index in [0.29, 0.717) is 18.1 Å². The minimum atomic E-state index is -0.261.